The van der Waals surface area contributed by atoms with Crippen LogP contribution in [-0.2, 0) is 6.61 Å². The molecule has 1 aromatic heterocycles. The lowest BCUT2D eigenvalue weighted by atomic mass is 10.2. The van der Waals surface area contributed by atoms with Crippen molar-refractivity contribution in [2.24, 2.45) is 0 Å². The first-order valence-electron chi connectivity index (χ1n) is 5.59. The van der Waals surface area contributed by atoms with Crippen molar-refractivity contribution < 1.29 is 10.0 Å². The average Bonchev–Trinajstić information content (AvgIpc) is 2.41. The first kappa shape index (κ1) is 13.5. The Labute approximate surface area is 114 Å². The van der Waals surface area contributed by atoms with E-state index >= 15 is 0 Å². The summed E-state index contributed by atoms with van der Waals surface area (Å²) in [6.07, 6.45) is 1.57. The maximum Gasteiger partial charge on any atom is 0.283 e. The van der Waals surface area contributed by atoms with Crippen molar-refractivity contribution in [2.75, 3.05) is 0 Å². The second-order valence-corrected chi connectivity index (χ2v) is 4.98. The van der Waals surface area contributed by atoms with E-state index in [-0.39, 0.29) is 12.3 Å². The van der Waals surface area contributed by atoms with Crippen LogP contribution in [-0.4, -0.2) is 15.0 Å². The molecule has 0 aliphatic carbocycles. The van der Waals surface area contributed by atoms with E-state index in [2.05, 4.69) is 4.98 Å². The molecule has 0 saturated heterocycles. The van der Waals surface area contributed by atoms with Crippen LogP contribution in [0.4, 0.5) is 5.69 Å². The molecule has 1 aromatic carbocycles. The van der Waals surface area contributed by atoms with Crippen molar-refractivity contribution in [3.63, 3.8) is 0 Å². The quantitative estimate of drug-likeness (QED) is 0.686. The van der Waals surface area contributed by atoms with Gasteiger partial charge in [-0.1, -0.05) is 23.9 Å². The van der Waals surface area contributed by atoms with E-state index in [1.807, 2.05) is 13.0 Å². The van der Waals surface area contributed by atoms with Crippen molar-refractivity contribution in [1.82, 2.24) is 4.98 Å². The van der Waals surface area contributed by atoms with Crippen molar-refractivity contribution in [1.29, 1.82) is 0 Å². The Bertz CT molecular complexity index is 617. The Balaban J connectivity index is 2.34. The van der Waals surface area contributed by atoms with Gasteiger partial charge in [-0.2, -0.15) is 0 Å². The van der Waals surface area contributed by atoms with Crippen molar-refractivity contribution in [2.45, 2.75) is 23.5 Å². The molecule has 0 aliphatic heterocycles. The zero-order valence-electron chi connectivity index (χ0n) is 10.2. The molecule has 0 saturated carbocycles. The number of aryl methyl sites for hydroxylation is 1. The molecular formula is C13H12N2O3S. The van der Waals surface area contributed by atoms with E-state index in [1.54, 1.807) is 24.4 Å². The van der Waals surface area contributed by atoms with Gasteiger partial charge in [0.05, 0.1) is 16.4 Å². The van der Waals surface area contributed by atoms with E-state index in [4.69, 9.17) is 5.11 Å². The molecule has 0 bridgehead atoms. The molecule has 0 aliphatic rings. The molecule has 0 amide bonds. The van der Waals surface area contributed by atoms with E-state index in [1.165, 1.54) is 17.8 Å². The number of pyridine rings is 1. The number of benzene rings is 1. The Kier molecular flexibility index (Phi) is 4.13. The van der Waals surface area contributed by atoms with Gasteiger partial charge in [-0.25, -0.2) is 4.98 Å². The highest BCUT2D eigenvalue weighted by Gasteiger charge is 2.15. The first-order valence-corrected chi connectivity index (χ1v) is 6.41. The van der Waals surface area contributed by atoms with Gasteiger partial charge in [0, 0.05) is 12.3 Å². The Morgan fingerprint density at radius 3 is 2.79 bits per heavy atom. The highest BCUT2D eigenvalue weighted by molar-refractivity contribution is 7.99. The summed E-state index contributed by atoms with van der Waals surface area (Å²) >= 11 is 1.25. The van der Waals surface area contributed by atoms with Crippen LogP contribution in [0.1, 0.15) is 11.1 Å². The molecule has 19 heavy (non-hydrogen) atoms. The topological polar surface area (TPSA) is 76.3 Å². The number of hydrogen-bond acceptors (Lipinski definition) is 5. The van der Waals surface area contributed by atoms with Crippen LogP contribution in [0, 0.1) is 17.0 Å². The first-order chi connectivity index (χ1) is 9.11. The highest BCUT2D eigenvalue weighted by atomic mass is 32.2. The van der Waals surface area contributed by atoms with Crippen molar-refractivity contribution in [3.05, 3.63) is 57.8 Å². The zero-order chi connectivity index (χ0) is 13.8. The number of nitrogens with zero attached hydrogens (tertiary/aromatic N) is 2. The third-order valence-electron chi connectivity index (χ3n) is 2.54. The molecule has 2 rings (SSSR count). The Morgan fingerprint density at radius 2 is 2.16 bits per heavy atom. The summed E-state index contributed by atoms with van der Waals surface area (Å²) < 4.78 is 0. The average molecular weight is 276 g/mol. The fourth-order valence-electron chi connectivity index (χ4n) is 1.61. The van der Waals surface area contributed by atoms with Gasteiger partial charge in [0.25, 0.3) is 5.69 Å². The van der Waals surface area contributed by atoms with Crippen LogP contribution in [0.3, 0.4) is 0 Å². The third-order valence-corrected chi connectivity index (χ3v) is 3.72. The minimum Gasteiger partial charge on any atom is -0.392 e. The number of rotatable bonds is 4. The van der Waals surface area contributed by atoms with Crippen LogP contribution >= 0.6 is 11.8 Å². The van der Waals surface area contributed by atoms with Crippen LogP contribution in [0.25, 0.3) is 0 Å². The summed E-state index contributed by atoms with van der Waals surface area (Å²) in [6, 6.07) is 8.39. The third kappa shape index (κ3) is 3.10. The maximum atomic E-state index is 10.9. The lowest BCUT2D eigenvalue weighted by molar-refractivity contribution is -0.387. The zero-order valence-corrected chi connectivity index (χ0v) is 11.1. The summed E-state index contributed by atoms with van der Waals surface area (Å²) in [6.45, 7) is 1.80. The molecule has 0 unspecified atom stereocenters. The molecule has 2 aromatic rings. The van der Waals surface area contributed by atoms with Crippen molar-refractivity contribution in [3.8, 4) is 0 Å². The number of para-hydroxylation sites is 1. The van der Waals surface area contributed by atoms with Gasteiger partial charge < -0.3 is 5.11 Å². The number of aromatic nitrogens is 1. The van der Waals surface area contributed by atoms with Crippen LogP contribution in [0.2, 0.25) is 0 Å². The predicted octanol–water partition coefficient (Wildman–Crippen LogP) is 2.94. The molecule has 1 heterocycles. The van der Waals surface area contributed by atoms with E-state index in [9.17, 15) is 10.1 Å². The Hall–Kier alpha value is -1.92. The van der Waals surface area contributed by atoms with Crippen LogP contribution in [0.15, 0.2) is 46.5 Å². The normalized spacial score (nSPS) is 10.4. The molecule has 0 spiro atoms. The summed E-state index contributed by atoms with van der Waals surface area (Å²) in [4.78, 5) is 15.3. The van der Waals surface area contributed by atoms with Gasteiger partial charge in [0.1, 0.15) is 5.03 Å². The fraction of sp³-hybridized carbons (Fsp3) is 0.154. The summed E-state index contributed by atoms with van der Waals surface area (Å²) in [5, 5.41) is 20.7. The number of hydrogen-bond donors (Lipinski definition) is 1. The van der Waals surface area contributed by atoms with Gasteiger partial charge in [-0.3, -0.25) is 10.1 Å². The molecule has 6 heteroatoms. The number of nitro benzene ring substituents is 1. The monoisotopic (exact) mass is 276 g/mol. The molecule has 0 fully saturated rings. The van der Waals surface area contributed by atoms with Gasteiger partial charge >= 0.3 is 0 Å². The minimum absolute atomic E-state index is 0.0652. The molecule has 98 valence electrons. The van der Waals surface area contributed by atoms with Crippen LogP contribution in [0.5, 0.6) is 0 Å². The fourth-order valence-corrected chi connectivity index (χ4v) is 2.54. The van der Waals surface area contributed by atoms with E-state index in [0.29, 0.717) is 9.92 Å². The lowest BCUT2D eigenvalue weighted by Gasteiger charge is -2.06. The summed E-state index contributed by atoms with van der Waals surface area (Å²) in [5.74, 6) is 0. The smallest absolute Gasteiger partial charge is 0.283 e. The lowest BCUT2D eigenvalue weighted by Crippen LogP contribution is -1.93. The number of nitro groups is 1. The summed E-state index contributed by atoms with van der Waals surface area (Å²) in [5.41, 5.74) is 1.68. The SMILES string of the molecule is Cc1cc(CO)cnc1Sc1ccccc1[N+](=O)[O-]. The molecule has 5 nitrogen and oxygen atoms in total. The predicted molar refractivity (Wildman–Crippen MR) is 72.1 cm³/mol. The van der Waals surface area contributed by atoms with Gasteiger partial charge in [0.15, 0.2) is 0 Å². The molecule has 0 atom stereocenters. The highest BCUT2D eigenvalue weighted by Crippen LogP contribution is 2.34. The Morgan fingerprint density at radius 1 is 1.42 bits per heavy atom. The standard InChI is InChI=1S/C13H12N2O3S/c1-9-6-10(8-16)7-14-13(9)19-12-5-3-2-4-11(12)15(17)18/h2-7,16H,8H2,1H3. The van der Waals surface area contributed by atoms with Gasteiger partial charge in [-0.15, -0.1) is 0 Å². The van der Waals surface area contributed by atoms with E-state index in [0.717, 1.165) is 11.1 Å². The van der Waals surface area contributed by atoms with Crippen LogP contribution < -0.4 is 0 Å². The summed E-state index contributed by atoms with van der Waals surface area (Å²) in [7, 11) is 0. The number of aliphatic hydroxyl groups excluding tert-OH is 1. The van der Waals surface area contributed by atoms with Gasteiger partial charge in [-0.05, 0) is 30.2 Å². The largest absolute Gasteiger partial charge is 0.392 e. The van der Waals surface area contributed by atoms with Gasteiger partial charge in [0.2, 0.25) is 0 Å². The maximum absolute atomic E-state index is 10.9. The second kappa shape index (κ2) is 5.81. The molecular weight excluding hydrogens is 264 g/mol. The second-order valence-electron chi connectivity index (χ2n) is 3.95. The number of aliphatic hydroxyl groups is 1. The van der Waals surface area contributed by atoms with Crippen molar-refractivity contribution >= 4 is 17.4 Å². The van der Waals surface area contributed by atoms with E-state index < -0.39 is 4.92 Å². The molecule has 0 radical (unpaired) electrons. The minimum atomic E-state index is -0.403. The molecule has 1 N–H and O–H groups in total.